The number of oxime groups is 1. The van der Waals surface area contributed by atoms with E-state index in [0.29, 0.717) is 40.9 Å². The van der Waals surface area contributed by atoms with Gasteiger partial charge in [0.25, 0.3) is 0 Å². The predicted molar refractivity (Wildman–Crippen MR) is 139 cm³/mol. The molecular formula is C26H35NO7Si. The lowest BCUT2D eigenvalue weighted by Crippen LogP contribution is -2.21. The van der Waals surface area contributed by atoms with Crippen LogP contribution < -0.4 is 23.7 Å². The van der Waals surface area contributed by atoms with Crippen molar-refractivity contribution in [2.45, 2.75) is 38.3 Å². The van der Waals surface area contributed by atoms with E-state index >= 15 is 0 Å². The Kier molecular flexibility index (Phi) is 8.34. The van der Waals surface area contributed by atoms with Gasteiger partial charge >= 0.3 is 0 Å². The molecule has 1 N–H and O–H groups in total. The van der Waals surface area contributed by atoms with Crippen molar-refractivity contribution in [2.24, 2.45) is 5.16 Å². The molecule has 190 valence electrons. The van der Waals surface area contributed by atoms with E-state index in [2.05, 4.69) is 25.9 Å². The molecule has 8 nitrogen and oxygen atoms in total. The second kappa shape index (κ2) is 11.0. The van der Waals surface area contributed by atoms with E-state index in [0.717, 1.165) is 22.3 Å². The molecule has 0 amide bonds. The van der Waals surface area contributed by atoms with Crippen LogP contribution in [0.15, 0.2) is 35.5 Å². The number of ether oxygens (including phenoxy) is 5. The smallest absolute Gasteiger partial charge is 0.203 e. The summed E-state index contributed by atoms with van der Waals surface area (Å²) in [5.74, 6) is 2.82. The second-order valence-corrected chi connectivity index (χ2v) is 12.1. The summed E-state index contributed by atoms with van der Waals surface area (Å²) in [7, 11) is 7.01. The van der Waals surface area contributed by atoms with Crippen LogP contribution in [0.3, 0.4) is 0 Å². The van der Waals surface area contributed by atoms with Crippen molar-refractivity contribution in [3.8, 4) is 28.7 Å². The largest absolute Gasteiger partial charge is 0.497 e. The summed E-state index contributed by atoms with van der Waals surface area (Å²) in [5.41, 5.74) is 3.65. The summed E-state index contributed by atoms with van der Waals surface area (Å²) in [5, 5.41) is 13.8. The van der Waals surface area contributed by atoms with Gasteiger partial charge in [0.2, 0.25) is 5.75 Å². The molecule has 1 unspecified atom stereocenters. The molecular weight excluding hydrogens is 466 g/mol. The average Bonchev–Trinajstić information content (AvgIpc) is 3.24. The third-order valence-electron chi connectivity index (χ3n) is 5.75. The van der Waals surface area contributed by atoms with Crippen LogP contribution in [0.5, 0.6) is 28.7 Å². The molecule has 0 saturated heterocycles. The van der Waals surface area contributed by atoms with Crippen molar-refractivity contribution in [1.29, 1.82) is 0 Å². The average molecular weight is 502 g/mol. The molecule has 0 aliphatic heterocycles. The zero-order valence-electron chi connectivity index (χ0n) is 21.7. The summed E-state index contributed by atoms with van der Waals surface area (Å²) in [6.45, 7) is 6.51. The summed E-state index contributed by atoms with van der Waals surface area (Å²) >= 11 is 0. The van der Waals surface area contributed by atoms with Crippen LogP contribution in [-0.4, -0.2) is 62.3 Å². The quantitative estimate of drug-likeness (QED) is 0.306. The molecule has 0 saturated carbocycles. The Morgan fingerprint density at radius 1 is 0.857 bits per heavy atom. The first kappa shape index (κ1) is 26.4. The lowest BCUT2D eigenvalue weighted by molar-refractivity contribution is 0.268. The topological polar surface area (TPSA) is 88.0 Å². The highest BCUT2D eigenvalue weighted by atomic mass is 28.2. The van der Waals surface area contributed by atoms with Gasteiger partial charge in [-0.25, -0.2) is 0 Å². The lowest BCUT2D eigenvalue weighted by Gasteiger charge is -2.24. The van der Waals surface area contributed by atoms with Crippen LogP contribution in [-0.2, 0) is 4.43 Å². The van der Waals surface area contributed by atoms with Crippen LogP contribution in [0.2, 0.25) is 5.04 Å². The standard InChI is InChI=1S/C26H35NO7Si/c1-26(2,3)35-34-20-14-18(27-28)23(15-11-21(31-6)25(33-8)22(12-15)32-7)24(20)17-13-16(29-4)9-10-19(17)30-5/h9-13,20,28H,14,35H2,1-8H3/b27-18-. The fraction of sp³-hybridized carbons (Fsp3) is 0.423. The van der Waals surface area contributed by atoms with E-state index in [1.54, 1.807) is 35.5 Å². The zero-order valence-corrected chi connectivity index (χ0v) is 23.1. The Morgan fingerprint density at radius 2 is 1.49 bits per heavy atom. The van der Waals surface area contributed by atoms with Gasteiger partial charge in [0.1, 0.15) is 11.5 Å². The highest BCUT2D eigenvalue weighted by Crippen LogP contribution is 2.48. The summed E-state index contributed by atoms with van der Waals surface area (Å²) in [6, 6.07) is 9.32. The molecule has 35 heavy (non-hydrogen) atoms. The van der Waals surface area contributed by atoms with E-state index in [9.17, 15) is 5.21 Å². The van der Waals surface area contributed by atoms with Gasteiger partial charge in [-0.2, -0.15) is 0 Å². The molecule has 0 spiro atoms. The van der Waals surface area contributed by atoms with Crippen molar-refractivity contribution in [3.05, 3.63) is 41.5 Å². The number of allylic oxidation sites excluding steroid dienone is 1. The first-order valence-electron chi connectivity index (χ1n) is 11.3. The Hall–Kier alpha value is -3.17. The molecule has 2 aromatic rings. The van der Waals surface area contributed by atoms with Crippen molar-refractivity contribution in [1.82, 2.24) is 0 Å². The van der Waals surface area contributed by atoms with Gasteiger partial charge in [0, 0.05) is 23.1 Å². The number of hydrogen-bond acceptors (Lipinski definition) is 8. The predicted octanol–water partition coefficient (Wildman–Crippen LogP) is 4.56. The molecule has 9 heteroatoms. The number of benzene rings is 2. The third kappa shape index (κ3) is 5.57. The van der Waals surface area contributed by atoms with Crippen LogP contribution in [0.25, 0.3) is 11.1 Å². The van der Waals surface area contributed by atoms with E-state index in [-0.39, 0.29) is 11.1 Å². The van der Waals surface area contributed by atoms with E-state index in [1.165, 1.54) is 0 Å². The molecule has 1 aliphatic rings. The summed E-state index contributed by atoms with van der Waals surface area (Å²) in [6.07, 6.45) is 0.100. The van der Waals surface area contributed by atoms with Crippen LogP contribution in [0, 0.1) is 0 Å². The molecule has 0 aromatic heterocycles. The maximum absolute atomic E-state index is 10.1. The van der Waals surface area contributed by atoms with Crippen molar-refractivity contribution in [3.63, 3.8) is 0 Å². The molecule has 3 rings (SSSR count). The molecule has 0 fully saturated rings. The number of methoxy groups -OCH3 is 5. The van der Waals surface area contributed by atoms with Gasteiger partial charge in [0.05, 0.1) is 47.4 Å². The fourth-order valence-electron chi connectivity index (χ4n) is 4.16. The highest BCUT2D eigenvalue weighted by molar-refractivity contribution is 6.36. The van der Waals surface area contributed by atoms with E-state index in [1.807, 2.05) is 30.3 Å². The first-order chi connectivity index (χ1) is 16.7. The van der Waals surface area contributed by atoms with Gasteiger partial charge < -0.3 is 33.3 Å². The van der Waals surface area contributed by atoms with Gasteiger partial charge in [-0.3, -0.25) is 0 Å². The molecule has 1 aliphatic carbocycles. The minimum absolute atomic E-state index is 0.0788. The SMILES string of the molecule is COc1ccc(OC)c(C2=C(c3cc(OC)c(OC)c(OC)c3)/C(=N\O)CC2O[SiH2]C(C)(C)C)c1. The molecule has 1 atom stereocenters. The number of hydrogen-bond donors (Lipinski definition) is 1. The van der Waals surface area contributed by atoms with E-state index in [4.69, 9.17) is 28.1 Å². The van der Waals surface area contributed by atoms with Crippen LogP contribution >= 0.6 is 0 Å². The van der Waals surface area contributed by atoms with Gasteiger partial charge in [0.15, 0.2) is 21.3 Å². The number of rotatable bonds is 9. The molecule has 2 aromatic carbocycles. The Morgan fingerprint density at radius 3 is 1.97 bits per heavy atom. The first-order valence-corrected chi connectivity index (χ1v) is 12.6. The Labute approximate surface area is 209 Å². The molecule has 0 heterocycles. The maximum Gasteiger partial charge on any atom is 0.203 e. The highest BCUT2D eigenvalue weighted by Gasteiger charge is 2.36. The lowest BCUT2D eigenvalue weighted by atomic mass is 9.94. The Balaban J connectivity index is 2.35. The van der Waals surface area contributed by atoms with Gasteiger partial charge in [-0.1, -0.05) is 25.9 Å². The monoisotopic (exact) mass is 501 g/mol. The van der Waals surface area contributed by atoms with Crippen LogP contribution in [0.1, 0.15) is 38.3 Å². The summed E-state index contributed by atoms with van der Waals surface area (Å²) < 4.78 is 34.5. The molecule has 0 bridgehead atoms. The maximum atomic E-state index is 10.1. The fourth-order valence-corrected chi connectivity index (χ4v) is 5.15. The zero-order chi connectivity index (χ0) is 25.8. The number of nitrogens with zero attached hydrogens (tertiary/aromatic N) is 1. The van der Waals surface area contributed by atoms with Gasteiger partial charge in [-0.05, 0) is 40.9 Å². The molecule has 0 radical (unpaired) electrons. The third-order valence-corrected chi connectivity index (χ3v) is 7.18. The van der Waals surface area contributed by atoms with Crippen molar-refractivity contribution in [2.75, 3.05) is 35.5 Å². The second-order valence-electron chi connectivity index (χ2n) is 9.38. The van der Waals surface area contributed by atoms with Crippen molar-refractivity contribution < 1.29 is 33.3 Å². The van der Waals surface area contributed by atoms with E-state index < -0.39 is 9.76 Å². The van der Waals surface area contributed by atoms with Crippen LogP contribution in [0.4, 0.5) is 0 Å². The normalized spacial score (nSPS) is 17.4. The minimum atomic E-state index is -0.930. The van der Waals surface area contributed by atoms with Crippen molar-refractivity contribution >= 4 is 26.6 Å². The van der Waals surface area contributed by atoms with Gasteiger partial charge in [-0.15, -0.1) is 0 Å². The Bertz CT molecular complexity index is 1100. The minimum Gasteiger partial charge on any atom is -0.497 e. The summed E-state index contributed by atoms with van der Waals surface area (Å²) in [4.78, 5) is 0.